The molecule has 0 amide bonds. The highest BCUT2D eigenvalue weighted by Crippen LogP contribution is 2.33. The summed E-state index contributed by atoms with van der Waals surface area (Å²) in [4.78, 5) is 24.8. The van der Waals surface area contributed by atoms with Gasteiger partial charge >= 0.3 is 0 Å². The Morgan fingerprint density at radius 2 is 1.04 bits per heavy atom. The standard InChI is InChI=1S/C18H12O6/c19-11-5-1-9(2-6-11)13-15(21)17(23)14(18(24)16(13)22)10-3-7-12(20)8-4-10/h1-8,19-21,24H/p-1. The minimum absolute atomic E-state index is 0.0592. The first-order valence-corrected chi connectivity index (χ1v) is 6.93. The number of aliphatic hydroxyl groups is 1. The Hall–Kier alpha value is -3.54. The molecule has 0 aliphatic heterocycles. The van der Waals surface area contributed by atoms with E-state index in [1.807, 2.05) is 0 Å². The molecule has 0 spiro atoms. The molecular formula is C18H11O6-. The summed E-state index contributed by atoms with van der Waals surface area (Å²) in [5, 5.41) is 41.1. The third-order valence-corrected chi connectivity index (χ3v) is 3.65. The van der Waals surface area contributed by atoms with Crippen LogP contribution in [0.25, 0.3) is 11.1 Å². The van der Waals surface area contributed by atoms with Gasteiger partial charge in [-0.25, -0.2) is 0 Å². The van der Waals surface area contributed by atoms with E-state index in [0.29, 0.717) is 0 Å². The molecule has 0 heterocycles. The molecular weight excluding hydrogens is 312 g/mol. The van der Waals surface area contributed by atoms with Gasteiger partial charge in [-0.15, -0.1) is 0 Å². The first-order valence-electron chi connectivity index (χ1n) is 6.93. The average molecular weight is 323 g/mol. The molecule has 0 unspecified atom stereocenters. The fourth-order valence-electron chi connectivity index (χ4n) is 2.46. The van der Waals surface area contributed by atoms with Crippen molar-refractivity contribution in [1.82, 2.24) is 0 Å². The molecule has 6 nitrogen and oxygen atoms in total. The maximum absolute atomic E-state index is 12.4. The third kappa shape index (κ3) is 2.40. The van der Waals surface area contributed by atoms with Gasteiger partial charge in [0.25, 0.3) is 0 Å². The number of allylic oxidation sites excluding steroid dienone is 2. The fourth-order valence-corrected chi connectivity index (χ4v) is 2.46. The summed E-state index contributed by atoms with van der Waals surface area (Å²) in [6.45, 7) is 0. The van der Waals surface area contributed by atoms with Crippen LogP contribution in [0.1, 0.15) is 11.1 Å². The number of rotatable bonds is 2. The smallest absolute Gasteiger partial charge is 0.228 e. The molecule has 0 fully saturated rings. The summed E-state index contributed by atoms with van der Waals surface area (Å²) in [5.41, 5.74) is -0.554. The van der Waals surface area contributed by atoms with Crippen LogP contribution in [0.15, 0.2) is 60.0 Å². The largest absolute Gasteiger partial charge is 0.869 e. The van der Waals surface area contributed by atoms with E-state index in [9.17, 15) is 30.0 Å². The van der Waals surface area contributed by atoms with Crippen LogP contribution in [-0.2, 0) is 9.59 Å². The van der Waals surface area contributed by atoms with E-state index in [2.05, 4.69) is 0 Å². The van der Waals surface area contributed by atoms with E-state index in [-0.39, 0.29) is 22.6 Å². The molecule has 120 valence electrons. The number of phenols is 2. The van der Waals surface area contributed by atoms with Crippen LogP contribution in [0.2, 0.25) is 0 Å². The average Bonchev–Trinajstić information content (AvgIpc) is 2.57. The molecule has 1 aliphatic rings. The van der Waals surface area contributed by atoms with Crippen molar-refractivity contribution >= 4 is 22.7 Å². The van der Waals surface area contributed by atoms with Gasteiger partial charge in [0.05, 0.1) is 5.57 Å². The molecule has 1 aliphatic carbocycles. The monoisotopic (exact) mass is 323 g/mol. The number of hydrogen-bond donors (Lipinski definition) is 3. The van der Waals surface area contributed by atoms with E-state index >= 15 is 0 Å². The molecule has 3 N–H and O–H groups in total. The molecule has 3 rings (SSSR count). The Balaban J connectivity index is 2.12. The fraction of sp³-hybridized carbons (Fsp3) is 0. The number of benzene rings is 2. The second-order valence-electron chi connectivity index (χ2n) is 5.18. The van der Waals surface area contributed by atoms with Gasteiger partial charge in [0, 0.05) is 5.57 Å². The number of phenolic OH excluding ortho intramolecular Hbond substituents is 2. The Morgan fingerprint density at radius 3 is 1.50 bits per heavy atom. The molecule has 2 aromatic rings. The highest BCUT2D eigenvalue weighted by molar-refractivity contribution is 6.46. The van der Waals surface area contributed by atoms with Crippen molar-refractivity contribution in [3.05, 3.63) is 71.2 Å². The summed E-state index contributed by atoms with van der Waals surface area (Å²) < 4.78 is 0. The minimum Gasteiger partial charge on any atom is -0.869 e. The molecule has 24 heavy (non-hydrogen) atoms. The maximum Gasteiger partial charge on any atom is 0.228 e. The summed E-state index contributed by atoms with van der Waals surface area (Å²) in [6, 6.07) is 10.4. The molecule has 0 radical (unpaired) electrons. The number of carbonyl (C=O) groups is 2. The summed E-state index contributed by atoms with van der Waals surface area (Å²) in [5.74, 6) is -3.96. The maximum atomic E-state index is 12.4. The van der Waals surface area contributed by atoms with Crippen LogP contribution in [0.3, 0.4) is 0 Å². The number of hydrogen-bond acceptors (Lipinski definition) is 6. The van der Waals surface area contributed by atoms with Gasteiger partial charge < -0.3 is 20.4 Å². The zero-order valence-electron chi connectivity index (χ0n) is 12.2. The Labute approximate surface area is 136 Å². The van der Waals surface area contributed by atoms with Crippen LogP contribution in [-0.4, -0.2) is 26.9 Å². The van der Waals surface area contributed by atoms with Gasteiger partial charge in [0.1, 0.15) is 11.5 Å². The minimum atomic E-state index is -1.04. The topological polar surface area (TPSA) is 118 Å². The number of carbonyl (C=O) groups excluding carboxylic acids is 2. The van der Waals surface area contributed by atoms with E-state index in [4.69, 9.17) is 0 Å². The van der Waals surface area contributed by atoms with Crippen molar-refractivity contribution in [2.75, 3.05) is 0 Å². The normalized spacial score (nSPS) is 15.2. The third-order valence-electron chi connectivity index (χ3n) is 3.65. The van der Waals surface area contributed by atoms with Gasteiger partial charge in [0.15, 0.2) is 11.5 Å². The molecule has 6 heteroatoms. The molecule has 0 saturated heterocycles. The highest BCUT2D eigenvalue weighted by Gasteiger charge is 2.31. The molecule has 0 bridgehead atoms. The predicted molar refractivity (Wildman–Crippen MR) is 82.7 cm³/mol. The lowest BCUT2D eigenvalue weighted by Crippen LogP contribution is -2.28. The van der Waals surface area contributed by atoms with Gasteiger partial charge in [0.2, 0.25) is 5.78 Å². The second-order valence-corrected chi connectivity index (χ2v) is 5.18. The molecule has 0 saturated carbocycles. The molecule has 0 atom stereocenters. The van der Waals surface area contributed by atoms with Crippen LogP contribution in [0.4, 0.5) is 0 Å². The van der Waals surface area contributed by atoms with Crippen LogP contribution >= 0.6 is 0 Å². The van der Waals surface area contributed by atoms with Gasteiger partial charge in [-0.05, 0) is 41.2 Å². The number of aromatic hydroxyl groups is 2. The van der Waals surface area contributed by atoms with E-state index in [0.717, 1.165) is 0 Å². The SMILES string of the molecule is O=C1C(O)=C(c2ccc(O)cc2)C(=O)C([O-])=C1c1ccc(O)cc1. The lowest BCUT2D eigenvalue weighted by molar-refractivity contribution is -0.295. The Bertz CT molecular complexity index is 824. The van der Waals surface area contributed by atoms with E-state index < -0.39 is 34.2 Å². The lowest BCUT2D eigenvalue weighted by atomic mass is 9.86. The first kappa shape index (κ1) is 15.4. The van der Waals surface area contributed by atoms with Crippen LogP contribution < -0.4 is 5.11 Å². The summed E-state index contributed by atoms with van der Waals surface area (Å²) in [6.07, 6.45) is 0. The quantitative estimate of drug-likeness (QED) is 0.717. The van der Waals surface area contributed by atoms with Crippen LogP contribution in [0.5, 0.6) is 11.5 Å². The van der Waals surface area contributed by atoms with E-state index in [1.165, 1.54) is 48.5 Å². The molecule has 2 aromatic carbocycles. The van der Waals surface area contributed by atoms with Crippen molar-refractivity contribution in [2.24, 2.45) is 0 Å². The van der Waals surface area contributed by atoms with Crippen LogP contribution in [0, 0.1) is 0 Å². The van der Waals surface area contributed by atoms with E-state index in [1.54, 1.807) is 0 Å². The van der Waals surface area contributed by atoms with Crippen molar-refractivity contribution < 1.29 is 30.0 Å². The zero-order valence-corrected chi connectivity index (χ0v) is 12.2. The van der Waals surface area contributed by atoms with Gasteiger partial charge in [-0.3, -0.25) is 9.59 Å². The zero-order chi connectivity index (χ0) is 17.4. The lowest BCUT2D eigenvalue weighted by Gasteiger charge is -2.24. The number of ketones is 2. The van der Waals surface area contributed by atoms with Crippen molar-refractivity contribution in [3.63, 3.8) is 0 Å². The van der Waals surface area contributed by atoms with Gasteiger partial charge in [-0.2, -0.15) is 0 Å². The highest BCUT2D eigenvalue weighted by atomic mass is 16.3. The van der Waals surface area contributed by atoms with Crippen molar-refractivity contribution in [1.29, 1.82) is 0 Å². The second kappa shape index (κ2) is 5.58. The number of aliphatic hydroxyl groups excluding tert-OH is 1. The summed E-state index contributed by atoms with van der Waals surface area (Å²) >= 11 is 0. The number of Topliss-reactive ketones (excluding diaryl/α,β-unsaturated/α-hetero) is 2. The van der Waals surface area contributed by atoms with Crippen molar-refractivity contribution in [2.45, 2.75) is 0 Å². The Morgan fingerprint density at radius 1 is 0.625 bits per heavy atom. The predicted octanol–water partition coefficient (Wildman–Crippen LogP) is 1.29. The van der Waals surface area contributed by atoms with Crippen molar-refractivity contribution in [3.8, 4) is 11.5 Å². The first-order chi connectivity index (χ1) is 11.4. The van der Waals surface area contributed by atoms with Gasteiger partial charge in [-0.1, -0.05) is 24.3 Å². The summed E-state index contributed by atoms with van der Waals surface area (Å²) in [7, 11) is 0. The molecule has 0 aromatic heterocycles. The Kier molecular flexibility index (Phi) is 3.57.